The van der Waals surface area contributed by atoms with E-state index in [1.54, 1.807) is 34.9 Å². The van der Waals surface area contributed by atoms with Crippen molar-refractivity contribution >= 4 is 28.4 Å². The Labute approximate surface area is 211 Å². The average molecular weight is 488 g/mol. The van der Waals surface area contributed by atoms with Crippen LogP contribution in [0.5, 0.6) is 0 Å². The molecular weight excluding hydrogens is 458 g/mol. The van der Waals surface area contributed by atoms with Crippen molar-refractivity contribution in [3.63, 3.8) is 0 Å². The third-order valence-corrected chi connectivity index (χ3v) is 6.55. The van der Waals surface area contributed by atoms with E-state index in [0.29, 0.717) is 39.8 Å². The molecule has 6 heteroatoms. The van der Waals surface area contributed by atoms with Gasteiger partial charge in [-0.3, -0.25) is 14.2 Å². The predicted octanol–water partition coefficient (Wildman–Crippen LogP) is 6.60. The van der Waals surface area contributed by atoms with Crippen molar-refractivity contribution in [2.75, 3.05) is 6.54 Å². The van der Waals surface area contributed by atoms with Crippen molar-refractivity contribution in [3.05, 3.63) is 105 Å². The monoisotopic (exact) mass is 487 g/mol. The summed E-state index contributed by atoms with van der Waals surface area (Å²) in [7, 11) is 0. The molecule has 0 spiro atoms. The van der Waals surface area contributed by atoms with Gasteiger partial charge in [0.15, 0.2) is 0 Å². The summed E-state index contributed by atoms with van der Waals surface area (Å²) in [6.45, 7) is 8.72. The molecule has 0 aliphatic carbocycles. The molecule has 180 valence electrons. The highest BCUT2D eigenvalue weighted by atomic mass is 35.5. The van der Waals surface area contributed by atoms with Crippen LogP contribution in [-0.2, 0) is 0 Å². The lowest BCUT2D eigenvalue weighted by Gasteiger charge is -2.31. The molecule has 1 amide bonds. The minimum absolute atomic E-state index is 0.117. The fraction of sp³-hybridized carbons (Fsp3) is 0.276. The van der Waals surface area contributed by atoms with Gasteiger partial charge in [0.25, 0.3) is 11.5 Å². The third-order valence-electron chi connectivity index (χ3n) is 6.30. The predicted molar refractivity (Wildman–Crippen MR) is 142 cm³/mol. The number of aryl methyl sites for hydroxylation is 1. The maximum Gasteiger partial charge on any atom is 0.266 e. The molecule has 5 nitrogen and oxygen atoms in total. The number of rotatable bonds is 7. The number of amides is 1. The Hall–Kier alpha value is -3.44. The second-order valence-corrected chi connectivity index (χ2v) is 9.71. The van der Waals surface area contributed by atoms with Gasteiger partial charge >= 0.3 is 0 Å². The van der Waals surface area contributed by atoms with E-state index in [1.165, 1.54) is 0 Å². The standard InChI is InChI=1S/C29H30ClN3O2/c1-19(2)17-18-32(28(34)22-13-15-23(30)16-14-22)21(4)27-31-25-11-7-6-10-24(25)29(35)33(27)26-12-8-5-9-20(26)3/h5-16,19,21H,17-18H2,1-4H3. The van der Waals surface area contributed by atoms with Crippen molar-refractivity contribution in [1.82, 2.24) is 14.5 Å². The van der Waals surface area contributed by atoms with Gasteiger partial charge in [-0.1, -0.05) is 55.8 Å². The normalized spacial score (nSPS) is 12.2. The fourth-order valence-electron chi connectivity index (χ4n) is 4.24. The zero-order chi connectivity index (χ0) is 25.1. The molecule has 35 heavy (non-hydrogen) atoms. The molecule has 4 rings (SSSR count). The number of para-hydroxylation sites is 2. The van der Waals surface area contributed by atoms with Crippen LogP contribution in [0.15, 0.2) is 77.6 Å². The minimum Gasteiger partial charge on any atom is -0.329 e. The van der Waals surface area contributed by atoms with Gasteiger partial charge in [0.05, 0.1) is 22.6 Å². The molecule has 0 bridgehead atoms. The van der Waals surface area contributed by atoms with E-state index in [-0.39, 0.29) is 11.5 Å². The summed E-state index contributed by atoms with van der Waals surface area (Å²) in [5.41, 5.74) is 2.75. The van der Waals surface area contributed by atoms with Crippen LogP contribution < -0.4 is 5.56 Å². The van der Waals surface area contributed by atoms with Crippen LogP contribution >= 0.6 is 11.6 Å². The molecule has 1 aromatic heterocycles. The number of nitrogens with zero attached hydrogens (tertiary/aromatic N) is 3. The highest BCUT2D eigenvalue weighted by Crippen LogP contribution is 2.26. The average Bonchev–Trinajstić information content (AvgIpc) is 2.85. The molecule has 0 saturated carbocycles. The molecular formula is C29H30ClN3O2. The number of hydrogen-bond acceptors (Lipinski definition) is 3. The van der Waals surface area contributed by atoms with Crippen LogP contribution in [0.2, 0.25) is 5.02 Å². The summed E-state index contributed by atoms with van der Waals surface area (Å²) >= 11 is 6.06. The zero-order valence-corrected chi connectivity index (χ0v) is 21.3. The largest absolute Gasteiger partial charge is 0.329 e. The summed E-state index contributed by atoms with van der Waals surface area (Å²) in [5.74, 6) is 0.827. The van der Waals surface area contributed by atoms with Crippen LogP contribution in [0.3, 0.4) is 0 Å². The number of fused-ring (bicyclic) bond motifs is 1. The number of carbonyl (C=O) groups is 1. The van der Waals surface area contributed by atoms with Crippen LogP contribution in [0, 0.1) is 12.8 Å². The molecule has 4 aromatic rings. The van der Waals surface area contributed by atoms with E-state index in [9.17, 15) is 9.59 Å². The highest BCUT2D eigenvalue weighted by Gasteiger charge is 2.28. The van der Waals surface area contributed by atoms with Gasteiger partial charge in [0, 0.05) is 17.1 Å². The smallest absolute Gasteiger partial charge is 0.266 e. The highest BCUT2D eigenvalue weighted by molar-refractivity contribution is 6.30. The van der Waals surface area contributed by atoms with Gasteiger partial charge in [-0.15, -0.1) is 0 Å². The number of halogens is 1. The first-order valence-electron chi connectivity index (χ1n) is 11.9. The first kappa shape index (κ1) is 24.7. The maximum absolute atomic E-state index is 13.8. The second-order valence-electron chi connectivity index (χ2n) is 9.28. The van der Waals surface area contributed by atoms with Gasteiger partial charge in [-0.2, -0.15) is 0 Å². The van der Waals surface area contributed by atoms with E-state index in [1.807, 2.05) is 61.2 Å². The quantitative estimate of drug-likeness (QED) is 0.295. The molecule has 1 heterocycles. The molecule has 0 aliphatic heterocycles. The molecule has 1 atom stereocenters. The summed E-state index contributed by atoms with van der Waals surface area (Å²) < 4.78 is 1.67. The topological polar surface area (TPSA) is 55.2 Å². The van der Waals surface area contributed by atoms with Crippen molar-refractivity contribution in [2.45, 2.75) is 40.2 Å². The summed E-state index contributed by atoms with van der Waals surface area (Å²) in [6, 6.07) is 21.6. The molecule has 0 aliphatic rings. The third kappa shape index (κ3) is 5.15. The summed E-state index contributed by atoms with van der Waals surface area (Å²) in [5, 5.41) is 1.12. The first-order chi connectivity index (χ1) is 16.8. The minimum atomic E-state index is -0.450. The van der Waals surface area contributed by atoms with E-state index in [2.05, 4.69) is 13.8 Å². The van der Waals surface area contributed by atoms with Gasteiger partial charge in [0.2, 0.25) is 0 Å². The molecule has 0 saturated heterocycles. The van der Waals surface area contributed by atoms with Gasteiger partial charge in [0.1, 0.15) is 5.82 Å². The number of hydrogen-bond donors (Lipinski definition) is 0. The van der Waals surface area contributed by atoms with Gasteiger partial charge in [-0.05, 0) is 74.2 Å². The second kappa shape index (κ2) is 10.4. The van der Waals surface area contributed by atoms with E-state index in [0.717, 1.165) is 17.7 Å². The zero-order valence-electron chi connectivity index (χ0n) is 20.5. The Balaban J connectivity index is 1.91. The Morgan fingerprint density at radius 1 is 0.971 bits per heavy atom. The van der Waals surface area contributed by atoms with Crippen LogP contribution in [0.25, 0.3) is 16.6 Å². The number of benzene rings is 3. The first-order valence-corrected chi connectivity index (χ1v) is 12.3. The molecule has 0 fully saturated rings. The van der Waals surface area contributed by atoms with Crippen molar-refractivity contribution < 1.29 is 4.79 Å². The van der Waals surface area contributed by atoms with Gasteiger partial charge in [-0.25, -0.2) is 4.98 Å². The van der Waals surface area contributed by atoms with Gasteiger partial charge < -0.3 is 4.90 Å². The Morgan fingerprint density at radius 2 is 1.63 bits per heavy atom. The molecule has 1 unspecified atom stereocenters. The lowest BCUT2D eigenvalue weighted by atomic mass is 10.1. The SMILES string of the molecule is Cc1ccccc1-n1c(C(C)N(CCC(C)C)C(=O)c2ccc(Cl)cc2)nc2ccccc2c1=O. The van der Waals surface area contributed by atoms with Crippen molar-refractivity contribution in [1.29, 1.82) is 0 Å². The lowest BCUT2D eigenvalue weighted by molar-refractivity contribution is 0.0671. The molecule has 3 aromatic carbocycles. The number of aromatic nitrogens is 2. The van der Waals surface area contributed by atoms with E-state index in [4.69, 9.17) is 16.6 Å². The van der Waals surface area contributed by atoms with Crippen LogP contribution in [0.1, 0.15) is 55.0 Å². The molecule has 0 radical (unpaired) electrons. The van der Waals surface area contributed by atoms with E-state index >= 15 is 0 Å². The van der Waals surface area contributed by atoms with E-state index < -0.39 is 6.04 Å². The van der Waals surface area contributed by atoms with Crippen LogP contribution in [-0.4, -0.2) is 26.9 Å². The lowest BCUT2D eigenvalue weighted by Crippen LogP contribution is -2.38. The Morgan fingerprint density at radius 3 is 2.31 bits per heavy atom. The van der Waals surface area contributed by atoms with Crippen LogP contribution in [0.4, 0.5) is 0 Å². The maximum atomic E-state index is 13.8. The number of carbonyl (C=O) groups excluding carboxylic acids is 1. The fourth-order valence-corrected chi connectivity index (χ4v) is 4.37. The molecule has 0 N–H and O–H groups in total. The summed E-state index contributed by atoms with van der Waals surface area (Å²) in [6.07, 6.45) is 0.825. The Bertz CT molecular complexity index is 1410. The van der Waals surface area contributed by atoms with Crippen molar-refractivity contribution in [3.8, 4) is 5.69 Å². The summed E-state index contributed by atoms with van der Waals surface area (Å²) in [4.78, 5) is 34.2. The van der Waals surface area contributed by atoms with Crippen molar-refractivity contribution in [2.24, 2.45) is 5.92 Å². The Kier molecular flexibility index (Phi) is 7.37.